The molecule has 0 unspecified atom stereocenters. The average molecular weight is 351 g/mol. The van der Waals surface area contributed by atoms with Crippen molar-refractivity contribution in [3.63, 3.8) is 0 Å². The van der Waals surface area contributed by atoms with E-state index < -0.39 is 23.1 Å². The van der Waals surface area contributed by atoms with Crippen LogP contribution in [0.4, 0.5) is 24.5 Å². The van der Waals surface area contributed by atoms with Crippen LogP contribution < -0.4 is 11.1 Å². The van der Waals surface area contributed by atoms with Crippen molar-refractivity contribution in [1.82, 2.24) is 0 Å². The largest absolute Gasteiger partial charge is 0.389 e. The highest BCUT2D eigenvalue weighted by Crippen LogP contribution is 2.35. The Kier molecular flexibility index (Phi) is 4.61. The number of benzene rings is 2. The second-order valence-corrected chi connectivity index (χ2v) is 5.30. The quantitative estimate of drug-likeness (QED) is 0.781. The molecule has 0 saturated heterocycles. The number of hydrogen-bond donors (Lipinski definition) is 2. The summed E-state index contributed by atoms with van der Waals surface area (Å²) in [5.41, 5.74) is 4.85. The lowest BCUT2D eigenvalue weighted by Crippen LogP contribution is -2.11. The van der Waals surface area contributed by atoms with Crippen LogP contribution in [0.1, 0.15) is 5.56 Å². The molecule has 0 radical (unpaired) electrons. The van der Waals surface area contributed by atoms with Crippen LogP contribution in [0.5, 0.6) is 0 Å². The summed E-state index contributed by atoms with van der Waals surface area (Å²) in [4.78, 5) is -0.141. The van der Waals surface area contributed by atoms with E-state index in [1.54, 1.807) is 0 Å². The number of nitrogens with one attached hydrogen (secondary N) is 1. The van der Waals surface area contributed by atoms with Crippen LogP contribution in [0, 0.1) is 17.5 Å². The fraction of sp³-hybridized carbons (Fsp3) is 0. The molecule has 0 fully saturated rings. The van der Waals surface area contributed by atoms with E-state index in [1.807, 2.05) is 0 Å². The van der Waals surface area contributed by atoms with Gasteiger partial charge in [-0.15, -0.1) is 0 Å². The number of thiocarbonyl (C=S) groups is 1. The van der Waals surface area contributed by atoms with Gasteiger partial charge in [0.1, 0.15) is 28.1 Å². The Hall–Kier alpha value is -1.50. The molecule has 8 heteroatoms. The zero-order chi connectivity index (χ0) is 15.7. The highest BCUT2D eigenvalue weighted by molar-refractivity contribution is 7.80. The van der Waals surface area contributed by atoms with Gasteiger partial charge < -0.3 is 11.1 Å². The molecule has 2 aromatic carbocycles. The van der Waals surface area contributed by atoms with E-state index in [0.29, 0.717) is 0 Å². The topological polar surface area (TPSA) is 38.0 Å². The van der Waals surface area contributed by atoms with Crippen molar-refractivity contribution in [3.8, 4) is 0 Å². The van der Waals surface area contributed by atoms with Crippen LogP contribution in [0.3, 0.4) is 0 Å². The van der Waals surface area contributed by atoms with E-state index in [1.165, 1.54) is 0 Å². The molecule has 2 aromatic rings. The lowest BCUT2D eigenvalue weighted by molar-refractivity contribution is 0.590. The summed E-state index contributed by atoms with van der Waals surface area (Å²) in [6, 6.07) is 3.88. The van der Waals surface area contributed by atoms with Gasteiger partial charge in [-0.2, -0.15) is 0 Å². The van der Waals surface area contributed by atoms with Gasteiger partial charge in [-0.25, -0.2) is 13.2 Å². The van der Waals surface area contributed by atoms with Gasteiger partial charge in [0.05, 0.1) is 15.7 Å². The van der Waals surface area contributed by atoms with Gasteiger partial charge in [0, 0.05) is 5.56 Å². The first kappa shape index (κ1) is 15.9. The lowest BCUT2D eigenvalue weighted by atomic mass is 10.1. The van der Waals surface area contributed by atoms with E-state index in [-0.39, 0.29) is 26.3 Å². The molecule has 0 aliphatic heterocycles. The zero-order valence-corrected chi connectivity index (χ0v) is 12.5. The number of anilines is 2. The van der Waals surface area contributed by atoms with Crippen molar-refractivity contribution in [2.45, 2.75) is 0 Å². The molecule has 0 aliphatic carbocycles. The van der Waals surface area contributed by atoms with Gasteiger partial charge in [-0.3, -0.25) is 0 Å². The van der Waals surface area contributed by atoms with Gasteiger partial charge in [0.15, 0.2) is 0 Å². The molecular formula is C13H7Cl2F3N2S. The van der Waals surface area contributed by atoms with Gasteiger partial charge >= 0.3 is 0 Å². The fourth-order valence-electron chi connectivity index (χ4n) is 1.62. The lowest BCUT2D eigenvalue weighted by Gasteiger charge is -2.13. The monoisotopic (exact) mass is 350 g/mol. The van der Waals surface area contributed by atoms with E-state index in [4.69, 9.17) is 28.9 Å². The summed E-state index contributed by atoms with van der Waals surface area (Å²) in [5, 5.41) is 2.18. The standard InChI is InChI=1S/C13H7Cl2F3N2S/c14-7-3-6(16)4-8(15)11(7)20-12-9(17)1-5(13(19)21)2-10(12)18/h1-4,20H,(H2,19,21). The molecule has 0 spiro atoms. The summed E-state index contributed by atoms with van der Waals surface area (Å²) < 4.78 is 40.9. The Labute approximate surface area is 133 Å². The second-order valence-electron chi connectivity index (χ2n) is 4.05. The highest BCUT2D eigenvalue weighted by atomic mass is 35.5. The maximum atomic E-state index is 13.9. The zero-order valence-electron chi connectivity index (χ0n) is 10.2. The van der Waals surface area contributed by atoms with Crippen molar-refractivity contribution in [2.24, 2.45) is 5.73 Å². The number of nitrogens with two attached hydrogens (primary N) is 1. The van der Waals surface area contributed by atoms with Crippen LogP contribution in [0.25, 0.3) is 0 Å². The van der Waals surface area contributed by atoms with Crippen molar-refractivity contribution < 1.29 is 13.2 Å². The van der Waals surface area contributed by atoms with Gasteiger partial charge in [0.25, 0.3) is 0 Å². The van der Waals surface area contributed by atoms with E-state index in [0.717, 1.165) is 24.3 Å². The van der Waals surface area contributed by atoms with Crippen LogP contribution in [-0.4, -0.2) is 4.99 Å². The molecule has 110 valence electrons. The summed E-state index contributed by atoms with van der Waals surface area (Å²) in [5.74, 6) is -2.54. The average Bonchev–Trinajstić information content (AvgIpc) is 2.35. The summed E-state index contributed by atoms with van der Waals surface area (Å²) >= 11 is 16.2. The number of halogens is 5. The SMILES string of the molecule is NC(=S)c1cc(F)c(Nc2c(Cl)cc(F)cc2Cl)c(F)c1. The Bertz CT molecular complexity index is 691. The molecule has 0 aromatic heterocycles. The molecule has 21 heavy (non-hydrogen) atoms. The van der Waals surface area contributed by atoms with Crippen LogP contribution >= 0.6 is 35.4 Å². The van der Waals surface area contributed by atoms with Crippen molar-refractivity contribution in [3.05, 3.63) is 57.3 Å². The second kappa shape index (κ2) is 6.09. The van der Waals surface area contributed by atoms with Crippen LogP contribution in [-0.2, 0) is 0 Å². The molecule has 0 saturated carbocycles. The molecule has 3 N–H and O–H groups in total. The third-order valence-electron chi connectivity index (χ3n) is 2.58. The van der Waals surface area contributed by atoms with E-state index in [2.05, 4.69) is 17.5 Å². The van der Waals surface area contributed by atoms with Crippen molar-refractivity contribution in [2.75, 3.05) is 5.32 Å². The summed E-state index contributed by atoms with van der Waals surface area (Å²) in [6.07, 6.45) is 0. The molecule has 0 amide bonds. The van der Waals surface area contributed by atoms with Crippen LogP contribution in [0.2, 0.25) is 10.0 Å². The molecule has 2 nitrogen and oxygen atoms in total. The Morgan fingerprint density at radius 1 is 0.952 bits per heavy atom. The van der Waals surface area contributed by atoms with Crippen molar-refractivity contribution in [1.29, 1.82) is 0 Å². The Morgan fingerprint density at radius 3 is 1.86 bits per heavy atom. The molecular weight excluding hydrogens is 344 g/mol. The molecule has 0 heterocycles. The summed E-state index contributed by atoms with van der Waals surface area (Å²) in [6.45, 7) is 0. The molecule has 0 bridgehead atoms. The Balaban J connectivity index is 2.48. The van der Waals surface area contributed by atoms with Gasteiger partial charge in [-0.1, -0.05) is 35.4 Å². The first-order valence-corrected chi connectivity index (χ1v) is 6.66. The van der Waals surface area contributed by atoms with Gasteiger partial charge in [0.2, 0.25) is 0 Å². The maximum Gasteiger partial charge on any atom is 0.150 e. The fourth-order valence-corrected chi connectivity index (χ4v) is 2.29. The maximum absolute atomic E-state index is 13.9. The smallest absolute Gasteiger partial charge is 0.150 e. The Morgan fingerprint density at radius 2 is 1.43 bits per heavy atom. The summed E-state index contributed by atoms with van der Waals surface area (Å²) in [7, 11) is 0. The minimum absolute atomic E-state index is 0.0133. The first-order valence-electron chi connectivity index (χ1n) is 5.50. The van der Waals surface area contributed by atoms with Crippen LogP contribution in [0.15, 0.2) is 24.3 Å². The van der Waals surface area contributed by atoms with Gasteiger partial charge in [-0.05, 0) is 24.3 Å². The third kappa shape index (κ3) is 3.40. The molecule has 0 atom stereocenters. The normalized spacial score (nSPS) is 10.5. The van der Waals surface area contributed by atoms with Crippen molar-refractivity contribution >= 4 is 51.8 Å². The minimum Gasteiger partial charge on any atom is -0.389 e. The predicted molar refractivity (Wildman–Crippen MR) is 81.9 cm³/mol. The number of hydrogen-bond acceptors (Lipinski definition) is 2. The van der Waals surface area contributed by atoms with E-state index >= 15 is 0 Å². The molecule has 0 aliphatic rings. The van der Waals surface area contributed by atoms with E-state index in [9.17, 15) is 13.2 Å². The predicted octanol–water partition coefficient (Wildman–Crippen LogP) is 4.79. The molecule has 2 rings (SSSR count). The number of rotatable bonds is 3. The first-order chi connectivity index (χ1) is 9.79. The minimum atomic E-state index is -0.936. The third-order valence-corrected chi connectivity index (χ3v) is 3.42. The highest BCUT2D eigenvalue weighted by Gasteiger charge is 2.16.